The standard InChI is InChI=1S/C20H20ClN3O3/c1-3-13-8-10-14(11-9-13)22-17(25)12-24-18(26)20(2,23-19(24)27)15-6-4-5-7-16(15)21/h4-11H,3,12H2,1-2H3,(H,22,25)(H,23,27)/t20-/m1/s1. The van der Waals surface area contributed by atoms with Crippen LogP contribution in [0.25, 0.3) is 0 Å². The van der Waals surface area contributed by atoms with Gasteiger partial charge in [-0.3, -0.25) is 14.5 Å². The molecule has 2 N–H and O–H groups in total. The fourth-order valence-corrected chi connectivity index (χ4v) is 3.38. The molecule has 140 valence electrons. The summed E-state index contributed by atoms with van der Waals surface area (Å²) >= 11 is 6.19. The molecular formula is C20H20ClN3O3. The summed E-state index contributed by atoms with van der Waals surface area (Å²) in [6.07, 6.45) is 0.900. The SMILES string of the molecule is CCc1ccc(NC(=O)CN2C(=O)N[C@](C)(c3ccccc3Cl)C2=O)cc1. The third-order valence-electron chi connectivity index (χ3n) is 4.64. The van der Waals surface area contributed by atoms with Gasteiger partial charge in [-0.25, -0.2) is 4.79 Å². The van der Waals surface area contributed by atoms with Crippen LogP contribution in [0.5, 0.6) is 0 Å². The van der Waals surface area contributed by atoms with Crippen molar-refractivity contribution < 1.29 is 14.4 Å². The zero-order valence-electron chi connectivity index (χ0n) is 15.1. The van der Waals surface area contributed by atoms with E-state index in [4.69, 9.17) is 11.6 Å². The normalized spacial score (nSPS) is 19.1. The molecule has 1 atom stereocenters. The maximum Gasteiger partial charge on any atom is 0.325 e. The summed E-state index contributed by atoms with van der Waals surface area (Å²) in [4.78, 5) is 38.4. The summed E-state index contributed by atoms with van der Waals surface area (Å²) < 4.78 is 0. The van der Waals surface area contributed by atoms with Crippen LogP contribution in [0.3, 0.4) is 0 Å². The number of nitrogens with zero attached hydrogens (tertiary/aromatic N) is 1. The second kappa shape index (κ2) is 7.40. The number of anilines is 1. The first-order chi connectivity index (χ1) is 12.8. The lowest BCUT2D eigenvalue weighted by molar-refractivity contribution is -0.133. The lowest BCUT2D eigenvalue weighted by atomic mass is 9.92. The molecular weight excluding hydrogens is 366 g/mol. The van der Waals surface area contributed by atoms with Crippen molar-refractivity contribution in [2.45, 2.75) is 25.8 Å². The monoisotopic (exact) mass is 385 g/mol. The number of halogens is 1. The summed E-state index contributed by atoms with van der Waals surface area (Å²) in [6, 6.07) is 13.6. The second-order valence-electron chi connectivity index (χ2n) is 6.52. The van der Waals surface area contributed by atoms with Crippen LogP contribution in [0, 0.1) is 0 Å². The van der Waals surface area contributed by atoms with Crippen LogP contribution in [0.1, 0.15) is 25.0 Å². The zero-order valence-corrected chi connectivity index (χ0v) is 15.8. The molecule has 27 heavy (non-hydrogen) atoms. The van der Waals surface area contributed by atoms with Crippen LogP contribution in [0.2, 0.25) is 5.02 Å². The van der Waals surface area contributed by atoms with Gasteiger partial charge >= 0.3 is 6.03 Å². The fraction of sp³-hybridized carbons (Fsp3) is 0.250. The molecule has 0 saturated carbocycles. The van der Waals surface area contributed by atoms with Crippen molar-refractivity contribution in [1.82, 2.24) is 10.2 Å². The molecule has 1 fully saturated rings. The Hall–Kier alpha value is -2.86. The van der Waals surface area contributed by atoms with Crippen molar-refractivity contribution in [1.29, 1.82) is 0 Å². The molecule has 6 nitrogen and oxygen atoms in total. The highest BCUT2D eigenvalue weighted by Crippen LogP contribution is 2.33. The summed E-state index contributed by atoms with van der Waals surface area (Å²) in [6.45, 7) is 3.25. The molecule has 2 aromatic rings. The summed E-state index contributed by atoms with van der Waals surface area (Å²) in [5, 5.41) is 5.72. The van der Waals surface area contributed by atoms with E-state index in [9.17, 15) is 14.4 Å². The average molecular weight is 386 g/mol. The molecule has 1 aliphatic rings. The molecule has 0 spiro atoms. The predicted octanol–water partition coefficient (Wildman–Crippen LogP) is 3.31. The van der Waals surface area contributed by atoms with E-state index in [0.29, 0.717) is 16.3 Å². The predicted molar refractivity (Wildman–Crippen MR) is 103 cm³/mol. The first-order valence-corrected chi connectivity index (χ1v) is 9.01. The summed E-state index contributed by atoms with van der Waals surface area (Å²) in [7, 11) is 0. The minimum absolute atomic E-state index is 0.371. The van der Waals surface area contributed by atoms with Crippen LogP contribution >= 0.6 is 11.6 Å². The summed E-state index contributed by atoms with van der Waals surface area (Å²) in [5.41, 5.74) is 0.942. The fourth-order valence-electron chi connectivity index (χ4n) is 3.06. The number of amides is 4. The Morgan fingerprint density at radius 1 is 1.15 bits per heavy atom. The Balaban J connectivity index is 1.73. The molecule has 1 aliphatic heterocycles. The maximum absolute atomic E-state index is 12.9. The largest absolute Gasteiger partial charge is 0.325 e. The molecule has 0 aromatic heterocycles. The molecule has 1 heterocycles. The van der Waals surface area contributed by atoms with E-state index in [1.807, 2.05) is 19.1 Å². The van der Waals surface area contributed by atoms with Gasteiger partial charge in [0.1, 0.15) is 12.1 Å². The Labute approximate surface area is 162 Å². The Morgan fingerprint density at radius 2 is 1.81 bits per heavy atom. The first kappa shape index (κ1) is 18.9. The molecule has 7 heteroatoms. The molecule has 0 radical (unpaired) electrons. The number of aryl methyl sites for hydroxylation is 1. The van der Waals surface area contributed by atoms with Crippen molar-refractivity contribution in [3.8, 4) is 0 Å². The Bertz CT molecular complexity index is 898. The van der Waals surface area contributed by atoms with Crippen molar-refractivity contribution in [3.63, 3.8) is 0 Å². The van der Waals surface area contributed by atoms with Crippen LogP contribution in [-0.2, 0) is 21.5 Å². The van der Waals surface area contributed by atoms with E-state index in [1.54, 1.807) is 43.3 Å². The number of nitrogens with one attached hydrogen (secondary N) is 2. The number of imide groups is 1. The number of hydrogen-bond acceptors (Lipinski definition) is 3. The van der Waals surface area contributed by atoms with E-state index in [2.05, 4.69) is 10.6 Å². The van der Waals surface area contributed by atoms with Crippen LogP contribution in [0.15, 0.2) is 48.5 Å². The van der Waals surface area contributed by atoms with Crippen molar-refractivity contribution in [2.24, 2.45) is 0 Å². The van der Waals surface area contributed by atoms with Gasteiger partial charge < -0.3 is 10.6 Å². The van der Waals surface area contributed by atoms with Gasteiger partial charge in [0.05, 0.1) is 0 Å². The number of urea groups is 1. The quantitative estimate of drug-likeness (QED) is 0.775. The number of carbonyl (C=O) groups excluding carboxylic acids is 3. The van der Waals surface area contributed by atoms with E-state index >= 15 is 0 Å². The van der Waals surface area contributed by atoms with E-state index < -0.39 is 23.4 Å². The smallest absolute Gasteiger partial charge is 0.325 e. The van der Waals surface area contributed by atoms with E-state index in [0.717, 1.165) is 16.9 Å². The highest BCUT2D eigenvalue weighted by Gasteiger charge is 2.50. The van der Waals surface area contributed by atoms with Gasteiger partial charge in [-0.15, -0.1) is 0 Å². The molecule has 4 amide bonds. The third kappa shape index (κ3) is 3.66. The molecule has 0 unspecified atom stereocenters. The van der Waals surface area contributed by atoms with Gasteiger partial charge in [-0.1, -0.05) is 48.9 Å². The minimum atomic E-state index is -1.31. The van der Waals surface area contributed by atoms with E-state index in [1.165, 1.54) is 0 Å². The second-order valence-corrected chi connectivity index (χ2v) is 6.93. The van der Waals surface area contributed by atoms with Crippen molar-refractivity contribution in [3.05, 3.63) is 64.7 Å². The molecule has 2 aromatic carbocycles. The topological polar surface area (TPSA) is 78.5 Å². The van der Waals surface area contributed by atoms with Crippen LogP contribution in [-0.4, -0.2) is 29.3 Å². The number of benzene rings is 2. The number of hydrogen-bond donors (Lipinski definition) is 2. The highest BCUT2D eigenvalue weighted by atomic mass is 35.5. The van der Waals surface area contributed by atoms with Crippen LogP contribution in [0.4, 0.5) is 10.5 Å². The minimum Gasteiger partial charge on any atom is -0.325 e. The molecule has 3 rings (SSSR count). The lowest BCUT2D eigenvalue weighted by Crippen LogP contribution is -2.42. The Morgan fingerprint density at radius 3 is 2.44 bits per heavy atom. The molecule has 1 saturated heterocycles. The molecule has 0 aliphatic carbocycles. The summed E-state index contributed by atoms with van der Waals surface area (Å²) in [5.74, 6) is -0.969. The number of rotatable bonds is 5. The van der Waals surface area contributed by atoms with E-state index in [-0.39, 0.29) is 6.54 Å². The van der Waals surface area contributed by atoms with Crippen LogP contribution < -0.4 is 10.6 Å². The van der Waals surface area contributed by atoms with Crippen molar-refractivity contribution in [2.75, 3.05) is 11.9 Å². The van der Waals surface area contributed by atoms with Crippen molar-refractivity contribution >= 4 is 35.1 Å². The highest BCUT2D eigenvalue weighted by molar-refractivity contribution is 6.32. The zero-order chi connectivity index (χ0) is 19.6. The van der Waals surface area contributed by atoms with Gasteiger partial charge in [0.15, 0.2) is 0 Å². The van der Waals surface area contributed by atoms with Gasteiger partial charge in [0, 0.05) is 16.3 Å². The Kier molecular flexibility index (Phi) is 5.19. The third-order valence-corrected chi connectivity index (χ3v) is 4.96. The maximum atomic E-state index is 12.9. The van der Waals surface area contributed by atoms with Gasteiger partial charge in [0.2, 0.25) is 5.91 Å². The first-order valence-electron chi connectivity index (χ1n) is 8.63. The van der Waals surface area contributed by atoms with Gasteiger partial charge in [0.25, 0.3) is 5.91 Å². The average Bonchev–Trinajstić information content (AvgIpc) is 2.86. The molecule has 0 bridgehead atoms. The van der Waals surface area contributed by atoms with Gasteiger partial charge in [-0.05, 0) is 37.1 Å². The van der Waals surface area contributed by atoms with Gasteiger partial charge in [-0.2, -0.15) is 0 Å². The lowest BCUT2D eigenvalue weighted by Gasteiger charge is -2.23. The number of carbonyl (C=O) groups is 3.